The summed E-state index contributed by atoms with van der Waals surface area (Å²) in [6, 6.07) is 3.66. The molecule has 0 amide bonds. The zero-order valence-corrected chi connectivity index (χ0v) is 6.70. The van der Waals surface area contributed by atoms with E-state index in [2.05, 4.69) is 9.98 Å². The molecule has 11 heavy (non-hydrogen) atoms. The summed E-state index contributed by atoms with van der Waals surface area (Å²) in [6.45, 7) is 3.85. The summed E-state index contributed by atoms with van der Waals surface area (Å²) in [7, 11) is 0. The van der Waals surface area contributed by atoms with Gasteiger partial charge in [-0.25, -0.2) is 4.98 Å². The lowest BCUT2D eigenvalue weighted by Gasteiger charge is -1.97. The van der Waals surface area contributed by atoms with Crippen LogP contribution >= 0.6 is 0 Å². The normalized spacial score (nSPS) is 9.27. The van der Waals surface area contributed by atoms with Crippen LogP contribution < -0.4 is 5.73 Å². The summed E-state index contributed by atoms with van der Waals surface area (Å²) in [5.74, 6) is 0.480. The van der Waals surface area contributed by atoms with Crippen molar-refractivity contribution in [1.82, 2.24) is 4.98 Å². The Morgan fingerprint density at radius 3 is 2.82 bits per heavy atom. The second-order valence-corrected chi connectivity index (χ2v) is 2.47. The first kappa shape index (κ1) is 7.72. The zero-order chi connectivity index (χ0) is 8.27. The van der Waals surface area contributed by atoms with E-state index >= 15 is 0 Å². The third-order valence-corrected chi connectivity index (χ3v) is 1.16. The number of nitrogens with zero attached hydrogens (tertiary/aromatic N) is 2. The van der Waals surface area contributed by atoms with Crippen molar-refractivity contribution in [2.24, 2.45) is 4.99 Å². The molecule has 3 heteroatoms. The van der Waals surface area contributed by atoms with Crippen molar-refractivity contribution in [3.05, 3.63) is 18.3 Å². The molecule has 3 nitrogen and oxygen atoms in total. The lowest BCUT2D eigenvalue weighted by Crippen LogP contribution is -1.90. The predicted molar refractivity (Wildman–Crippen MR) is 47.1 cm³/mol. The molecule has 0 spiro atoms. The first-order chi connectivity index (χ1) is 5.20. The van der Waals surface area contributed by atoms with Crippen molar-refractivity contribution in [3.8, 4) is 0 Å². The third-order valence-electron chi connectivity index (χ3n) is 1.16. The smallest absolute Gasteiger partial charge is 0.149 e. The van der Waals surface area contributed by atoms with Gasteiger partial charge in [0.05, 0.1) is 0 Å². The molecule has 1 aromatic heterocycles. The SMILES string of the molecule is CC(C)=Nc1cccnc1N. The fourth-order valence-corrected chi connectivity index (χ4v) is 0.744. The molecule has 0 fully saturated rings. The van der Waals surface area contributed by atoms with Crippen LogP contribution in [0.5, 0.6) is 0 Å². The molecule has 0 bridgehead atoms. The minimum atomic E-state index is 0.480. The lowest BCUT2D eigenvalue weighted by atomic mass is 10.4. The number of nitrogens with two attached hydrogens (primary N) is 1. The zero-order valence-electron chi connectivity index (χ0n) is 6.70. The summed E-state index contributed by atoms with van der Waals surface area (Å²) >= 11 is 0. The standard InChI is InChI=1S/C8H11N3/c1-6(2)11-7-4-3-5-10-8(7)9/h3-5H,1-2H3,(H2,9,10). The Bertz CT molecular complexity index is 274. The molecule has 1 rings (SSSR count). The summed E-state index contributed by atoms with van der Waals surface area (Å²) in [5, 5.41) is 0. The lowest BCUT2D eigenvalue weighted by molar-refractivity contribution is 1.31. The Kier molecular flexibility index (Phi) is 2.21. The van der Waals surface area contributed by atoms with E-state index in [-0.39, 0.29) is 0 Å². The van der Waals surface area contributed by atoms with Crippen LogP contribution in [-0.4, -0.2) is 10.7 Å². The number of anilines is 1. The van der Waals surface area contributed by atoms with Crippen molar-refractivity contribution in [1.29, 1.82) is 0 Å². The van der Waals surface area contributed by atoms with Crippen molar-refractivity contribution in [2.45, 2.75) is 13.8 Å². The van der Waals surface area contributed by atoms with Gasteiger partial charge in [0.25, 0.3) is 0 Å². The summed E-state index contributed by atoms with van der Waals surface area (Å²) in [5.41, 5.74) is 7.27. The molecule has 0 aromatic carbocycles. The molecular formula is C8H11N3. The van der Waals surface area contributed by atoms with Gasteiger partial charge in [0.15, 0.2) is 0 Å². The molecule has 0 unspecified atom stereocenters. The number of hydrogen-bond donors (Lipinski definition) is 1. The van der Waals surface area contributed by atoms with E-state index in [0.29, 0.717) is 5.82 Å². The van der Waals surface area contributed by atoms with Crippen LogP contribution in [0.3, 0.4) is 0 Å². The van der Waals surface area contributed by atoms with Crippen molar-refractivity contribution >= 4 is 17.2 Å². The van der Waals surface area contributed by atoms with Gasteiger partial charge in [-0.2, -0.15) is 0 Å². The van der Waals surface area contributed by atoms with Gasteiger partial charge in [-0.05, 0) is 26.0 Å². The van der Waals surface area contributed by atoms with E-state index in [1.54, 1.807) is 6.20 Å². The molecule has 0 aliphatic carbocycles. The van der Waals surface area contributed by atoms with E-state index in [9.17, 15) is 0 Å². The van der Waals surface area contributed by atoms with Gasteiger partial charge < -0.3 is 5.73 Å². The first-order valence-electron chi connectivity index (χ1n) is 3.42. The van der Waals surface area contributed by atoms with E-state index in [0.717, 1.165) is 11.4 Å². The van der Waals surface area contributed by atoms with Crippen molar-refractivity contribution in [2.75, 3.05) is 5.73 Å². The molecule has 0 radical (unpaired) electrons. The molecule has 2 N–H and O–H groups in total. The average molecular weight is 149 g/mol. The fraction of sp³-hybridized carbons (Fsp3) is 0.250. The minimum absolute atomic E-state index is 0.480. The Morgan fingerprint density at radius 2 is 2.27 bits per heavy atom. The maximum absolute atomic E-state index is 5.55. The van der Waals surface area contributed by atoms with Crippen molar-refractivity contribution in [3.63, 3.8) is 0 Å². The maximum atomic E-state index is 5.55. The minimum Gasteiger partial charge on any atom is -0.382 e. The molecule has 1 heterocycles. The number of pyridine rings is 1. The molecule has 0 saturated heterocycles. The fourth-order valence-electron chi connectivity index (χ4n) is 0.744. The highest BCUT2D eigenvalue weighted by atomic mass is 14.9. The van der Waals surface area contributed by atoms with E-state index in [1.165, 1.54) is 0 Å². The second kappa shape index (κ2) is 3.14. The number of hydrogen-bond acceptors (Lipinski definition) is 3. The quantitative estimate of drug-likeness (QED) is 0.619. The Hall–Kier alpha value is -1.38. The highest BCUT2D eigenvalue weighted by molar-refractivity contribution is 5.83. The van der Waals surface area contributed by atoms with Crippen molar-refractivity contribution < 1.29 is 0 Å². The van der Waals surface area contributed by atoms with Gasteiger partial charge in [-0.15, -0.1) is 0 Å². The van der Waals surface area contributed by atoms with E-state index in [1.807, 2.05) is 26.0 Å². The highest BCUT2D eigenvalue weighted by Crippen LogP contribution is 2.17. The molecule has 0 atom stereocenters. The Labute approximate surface area is 66.0 Å². The summed E-state index contributed by atoms with van der Waals surface area (Å²) in [6.07, 6.45) is 1.65. The number of nitrogen functional groups attached to an aromatic ring is 1. The van der Waals surface area contributed by atoms with Crippen LogP contribution in [0, 0.1) is 0 Å². The third kappa shape index (κ3) is 2.04. The number of aliphatic imine (C=N–C) groups is 1. The molecule has 0 aliphatic rings. The summed E-state index contributed by atoms with van der Waals surface area (Å²) < 4.78 is 0. The van der Waals surface area contributed by atoms with Gasteiger partial charge in [-0.1, -0.05) is 0 Å². The van der Waals surface area contributed by atoms with Crippen LogP contribution in [0.25, 0.3) is 0 Å². The van der Waals surface area contributed by atoms with Crippen LogP contribution in [-0.2, 0) is 0 Å². The van der Waals surface area contributed by atoms with Gasteiger partial charge in [0.2, 0.25) is 0 Å². The number of aromatic nitrogens is 1. The van der Waals surface area contributed by atoms with E-state index in [4.69, 9.17) is 5.73 Å². The van der Waals surface area contributed by atoms with Crippen LogP contribution in [0.1, 0.15) is 13.8 Å². The monoisotopic (exact) mass is 149 g/mol. The molecule has 0 aliphatic heterocycles. The molecular weight excluding hydrogens is 138 g/mol. The largest absolute Gasteiger partial charge is 0.382 e. The van der Waals surface area contributed by atoms with Gasteiger partial charge in [-0.3, -0.25) is 4.99 Å². The van der Waals surface area contributed by atoms with Gasteiger partial charge in [0.1, 0.15) is 11.5 Å². The number of rotatable bonds is 1. The Morgan fingerprint density at radius 1 is 1.55 bits per heavy atom. The van der Waals surface area contributed by atoms with Gasteiger partial charge >= 0.3 is 0 Å². The molecule has 58 valence electrons. The Balaban J connectivity index is 3.04. The average Bonchev–Trinajstić information content (AvgIpc) is 1.93. The summed E-state index contributed by atoms with van der Waals surface area (Å²) in [4.78, 5) is 8.09. The van der Waals surface area contributed by atoms with Crippen LogP contribution in [0.2, 0.25) is 0 Å². The highest BCUT2D eigenvalue weighted by Gasteiger charge is 1.93. The predicted octanol–water partition coefficient (Wildman–Crippen LogP) is 1.78. The molecule has 0 saturated carbocycles. The second-order valence-electron chi connectivity index (χ2n) is 2.47. The van der Waals surface area contributed by atoms with Gasteiger partial charge in [0, 0.05) is 11.9 Å². The van der Waals surface area contributed by atoms with E-state index < -0.39 is 0 Å². The first-order valence-corrected chi connectivity index (χ1v) is 3.42. The molecule has 1 aromatic rings. The van der Waals surface area contributed by atoms with Crippen LogP contribution in [0.4, 0.5) is 11.5 Å². The van der Waals surface area contributed by atoms with Crippen LogP contribution in [0.15, 0.2) is 23.3 Å². The maximum Gasteiger partial charge on any atom is 0.149 e. The topological polar surface area (TPSA) is 51.3 Å².